The summed E-state index contributed by atoms with van der Waals surface area (Å²) in [6, 6.07) is 3.68. The van der Waals surface area contributed by atoms with Crippen molar-refractivity contribution in [1.82, 2.24) is 0 Å². The van der Waals surface area contributed by atoms with Crippen LogP contribution in [0, 0.1) is 5.82 Å². The third-order valence-electron chi connectivity index (χ3n) is 4.19. The molecule has 19 heavy (non-hydrogen) atoms. The lowest BCUT2D eigenvalue weighted by molar-refractivity contribution is 0.180. The van der Waals surface area contributed by atoms with Crippen LogP contribution in [0.25, 0.3) is 0 Å². The van der Waals surface area contributed by atoms with Crippen LogP contribution in [0.3, 0.4) is 0 Å². The summed E-state index contributed by atoms with van der Waals surface area (Å²) >= 11 is 3.47. The largest absolute Gasteiger partial charge is 0.380 e. The Bertz CT molecular complexity index is 444. The summed E-state index contributed by atoms with van der Waals surface area (Å²) in [4.78, 5) is 0. The molecule has 0 heterocycles. The Morgan fingerprint density at radius 2 is 2.00 bits per heavy atom. The first-order valence-electron chi connectivity index (χ1n) is 6.80. The minimum atomic E-state index is -0.200. The second kappa shape index (κ2) is 6.33. The van der Waals surface area contributed by atoms with Gasteiger partial charge in [0, 0.05) is 29.1 Å². The van der Waals surface area contributed by atoms with Gasteiger partial charge in [0.15, 0.2) is 0 Å². The van der Waals surface area contributed by atoms with E-state index in [2.05, 4.69) is 15.9 Å². The van der Waals surface area contributed by atoms with E-state index in [0.717, 1.165) is 35.7 Å². The number of nitrogens with two attached hydrogens (primary N) is 1. The Morgan fingerprint density at radius 1 is 1.32 bits per heavy atom. The molecule has 0 atom stereocenters. The van der Waals surface area contributed by atoms with Crippen LogP contribution in [-0.2, 0) is 16.8 Å². The predicted molar refractivity (Wildman–Crippen MR) is 78.6 cm³/mol. The summed E-state index contributed by atoms with van der Waals surface area (Å²) in [5.41, 5.74) is 7.16. The highest BCUT2D eigenvalue weighted by Crippen LogP contribution is 2.41. The molecular weight excluding hydrogens is 309 g/mol. The Hall–Kier alpha value is -0.450. The van der Waals surface area contributed by atoms with Gasteiger partial charge < -0.3 is 10.5 Å². The summed E-state index contributed by atoms with van der Waals surface area (Å²) in [7, 11) is 1.58. The molecule has 106 valence electrons. The topological polar surface area (TPSA) is 35.2 Å². The van der Waals surface area contributed by atoms with E-state index in [0.29, 0.717) is 18.7 Å². The molecule has 0 spiro atoms. The fraction of sp³-hybridized carbons (Fsp3) is 0.600. The van der Waals surface area contributed by atoms with Gasteiger partial charge in [-0.15, -0.1) is 0 Å². The molecule has 1 fully saturated rings. The van der Waals surface area contributed by atoms with Crippen LogP contribution in [0.1, 0.15) is 43.2 Å². The van der Waals surface area contributed by atoms with Crippen molar-refractivity contribution in [2.45, 2.75) is 44.1 Å². The van der Waals surface area contributed by atoms with Crippen molar-refractivity contribution >= 4 is 15.9 Å². The SMILES string of the molecule is COCc1cc(Br)cc(C2(CN)CCCCC2)c1F. The number of halogens is 2. The minimum absolute atomic E-state index is 0.141. The van der Waals surface area contributed by atoms with Crippen LogP contribution < -0.4 is 5.73 Å². The second-order valence-corrected chi connectivity index (χ2v) is 6.32. The van der Waals surface area contributed by atoms with Gasteiger partial charge in [-0.3, -0.25) is 0 Å². The number of benzene rings is 1. The lowest BCUT2D eigenvalue weighted by atomic mass is 9.69. The zero-order valence-corrected chi connectivity index (χ0v) is 12.9. The van der Waals surface area contributed by atoms with E-state index < -0.39 is 0 Å². The molecule has 1 aliphatic carbocycles. The molecule has 0 saturated heterocycles. The van der Waals surface area contributed by atoms with E-state index in [9.17, 15) is 4.39 Å². The Morgan fingerprint density at radius 3 is 2.58 bits per heavy atom. The number of methoxy groups -OCH3 is 1. The molecule has 0 bridgehead atoms. The summed E-state index contributed by atoms with van der Waals surface area (Å²) in [5, 5.41) is 0. The maximum atomic E-state index is 14.7. The summed E-state index contributed by atoms with van der Waals surface area (Å²) in [6.07, 6.45) is 5.43. The highest BCUT2D eigenvalue weighted by molar-refractivity contribution is 9.10. The normalized spacial score (nSPS) is 18.5. The number of hydrogen-bond donors (Lipinski definition) is 1. The van der Waals surface area contributed by atoms with Crippen molar-refractivity contribution in [2.24, 2.45) is 5.73 Å². The number of hydrogen-bond acceptors (Lipinski definition) is 2. The van der Waals surface area contributed by atoms with Crippen molar-refractivity contribution in [3.63, 3.8) is 0 Å². The molecule has 0 aromatic heterocycles. The van der Waals surface area contributed by atoms with Crippen LogP contribution in [0.5, 0.6) is 0 Å². The molecule has 1 aromatic carbocycles. The standard InChI is InChI=1S/C15H21BrFNO/c1-19-9-11-7-12(16)8-13(14(11)17)15(10-18)5-3-2-4-6-15/h7-8H,2-6,9-10,18H2,1H3. The maximum Gasteiger partial charge on any atom is 0.132 e. The van der Waals surface area contributed by atoms with Gasteiger partial charge in [-0.1, -0.05) is 35.2 Å². The zero-order valence-electron chi connectivity index (χ0n) is 11.3. The van der Waals surface area contributed by atoms with E-state index in [1.165, 1.54) is 6.42 Å². The Kier molecular flexibility index (Phi) is 4.98. The third-order valence-corrected chi connectivity index (χ3v) is 4.64. The number of rotatable bonds is 4. The van der Waals surface area contributed by atoms with Gasteiger partial charge in [0.1, 0.15) is 5.82 Å². The van der Waals surface area contributed by atoms with Crippen molar-refractivity contribution in [3.05, 3.63) is 33.5 Å². The smallest absolute Gasteiger partial charge is 0.132 e. The van der Waals surface area contributed by atoms with Crippen molar-refractivity contribution in [3.8, 4) is 0 Å². The first kappa shape index (κ1) is 14.9. The van der Waals surface area contributed by atoms with Gasteiger partial charge in [0.25, 0.3) is 0 Å². The fourth-order valence-electron chi connectivity index (χ4n) is 3.10. The molecule has 0 unspecified atom stereocenters. The number of ether oxygens (including phenoxy) is 1. The van der Waals surface area contributed by atoms with E-state index in [1.54, 1.807) is 13.2 Å². The highest BCUT2D eigenvalue weighted by Gasteiger charge is 2.35. The average molecular weight is 330 g/mol. The first-order chi connectivity index (χ1) is 9.13. The third kappa shape index (κ3) is 3.01. The lowest BCUT2D eigenvalue weighted by Gasteiger charge is -2.37. The molecule has 2 nitrogen and oxygen atoms in total. The van der Waals surface area contributed by atoms with E-state index in [4.69, 9.17) is 10.5 Å². The van der Waals surface area contributed by atoms with E-state index in [-0.39, 0.29) is 11.2 Å². The van der Waals surface area contributed by atoms with Crippen LogP contribution in [-0.4, -0.2) is 13.7 Å². The molecule has 2 N–H and O–H groups in total. The molecule has 1 aliphatic rings. The molecule has 0 aliphatic heterocycles. The Balaban J connectivity index is 2.47. The lowest BCUT2D eigenvalue weighted by Crippen LogP contribution is -2.38. The van der Waals surface area contributed by atoms with Gasteiger partial charge in [-0.25, -0.2) is 4.39 Å². The van der Waals surface area contributed by atoms with Gasteiger partial charge in [-0.05, 0) is 30.5 Å². The van der Waals surface area contributed by atoms with Gasteiger partial charge in [0.05, 0.1) is 6.61 Å². The van der Waals surface area contributed by atoms with Crippen molar-refractivity contribution in [2.75, 3.05) is 13.7 Å². The molecule has 1 aromatic rings. The predicted octanol–water partition coefficient (Wildman–Crippen LogP) is 3.90. The summed E-state index contributed by atoms with van der Waals surface area (Å²) in [6.45, 7) is 0.797. The Labute approximate surface area is 122 Å². The molecule has 2 rings (SSSR count). The monoisotopic (exact) mass is 329 g/mol. The van der Waals surface area contributed by atoms with Gasteiger partial charge in [-0.2, -0.15) is 0 Å². The highest BCUT2D eigenvalue weighted by atomic mass is 79.9. The van der Waals surface area contributed by atoms with Crippen LogP contribution in [0.4, 0.5) is 4.39 Å². The first-order valence-corrected chi connectivity index (χ1v) is 7.60. The molecule has 0 radical (unpaired) electrons. The molecule has 1 saturated carbocycles. The quantitative estimate of drug-likeness (QED) is 0.909. The zero-order chi connectivity index (χ0) is 13.9. The van der Waals surface area contributed by atoms with Gasteiger partial charge >= 0.3 is 0 Å². The fourth-order valence-corrected chi connectivity index (χ4v) is 3.61. The van der Waals surface area contributed by atoms with Gasteiger partial charge in [0.2, 0.25) is 0 Å². The maximum absolute atomic E-state index is 14.7. The van der Waals surface area contributed by atoms with Crippen LogP contribution >= 0.6 is 15.9 Å². The second-order valence-electron chi connectivity index (χ2n) is 5.40. The van der Waals surface area contributed by atoms with E-state index in [1.807, 2.05) is 6.07 Å². The minimum Gasteiger partial charge on any atom is -0.380 e. The van der Waals surface area contributed by atoms with Crippen molar-refractivity contribution < 1.29 is 9.13 Å². The average Bonchev–Trinajstić information content (AvgIpc) is 2.43. The molecule has 0 amide bonds. The molecule has 4 heteroatoms. The summed E-state index contributed by atoms with van der Waals surface area (Å²) in [5.74, 6) is -0.141. The summed E-state index contributed by atoms with van der Waals surface area (Å²) < 4.78 is 20.7. The van der Waals surface area contributed by atoms with Crippen molar-refractivity contribution in [1.29, 1.82) is 0 Å². The van der Waals surface area contributed by atoms with Crippen LogP contribution in [0.2, 0.25) is 0 Å². The molecular formula is C15H21BrFNO. The van der Waals surface area contributed by atoms with E-state index >= 15 is 0 Å². The van der Waals surface area contributed by atoms with Crippen LogP contribution in [0.15, 0.2) is 16.6 Å².